The monoisotopic (exact) mass is 979 g/mol. The number of likely N-dealkylation sites (tertiary alicyclic amines) is 1. The topological polar surface area (TPSA) is 211 Å². The molecule has 8 heterocycles. The minimum atomic E-state index is -1.12. The molecule has 72 heavy (non-hydrogen) atoms. The van der Waals surface area contributed by atoms with E-state index in [1.165, 1.54) is 11.8 Å². The second-order valence-electron chi connectivity index (χ2n) is 20.2. The van der Waals surface area contributed by atoms with E-state index in [0.717, 1.165) is 105 Å². The predicted octanol–water partition coefficient (Wildman–Crippen LogP) is 4.53. The number of fused-ring (bicyclic) bond motifs is 2. The molecule has 19 nitrogen and oxygen atoms in total. The Morgan fingerprint density at radius 1 is 0.806 bits per heavy atom. The molecule has 4 saturated heterocycles. The Morgan fingerprint density at radius 2 is 1.56 bits per heavy atom. The molecule has 0 bridgehead atoms. The van der Waals surface area contributed by atoms with E-state index >= 15 is 4.39 Å². The lowest BCUT2D eigenvalue weighted by molar-refractivity contribution is -0.138. The van der Waals surface area contributed by atoms with E-state index in [2.05, 4.69) is 70.4 Å². The summed E-state index contributed by atoms with van der Waals surface area (Å²) in [5, 5.41) is 8.79. The Kier molecular flexibility index (Phi) is 12.6. The van der Waals surface area contributed by atoms with Crippen molar-refractivity contribution in [3.63, 3.8) is 0 Å². The maximum atomic E-state index is 15.5. The summed E-state index contributed by atoms with van der Waals surface area (Å²) in [4.78, 5) is 105. The minimum Gasteiger partial charge on any atom is -0.369 e. The van der Waals surface area contributed by atoms with Gasteiger partial charge in [0.15, 0.2) is 17.0 Å². The molecular weight excluding hydrogens is 922 g/mol. The number of imide groups is 2. The average Bonchev–Trinajstić information content (AvgIpc) is 3.90. The molecule has 3 N–H and O–H groups in total. The SMILES string of the molecule is Cc1cccc(C(=O)NC2CC(n3cnc4c(Nc5ccc(N6CCN(CC7CCN(C(=O)C8CCN(c9cc%10c(cc9F)C(=O)N([C@H]9CCC(=O)NC9=O)C%10=O)CC8)CC7)CC6)cc5C)ncnc43)C2)n1. The normalized spacial score (nSPS) is 22.3. The summed E-state index contributed by atoms with van der Waals surface area (Å²) < 4.78 is 17.6. The summed E-state index contributed by atoms with van der Waals surface area (Å²) in [6.45, 7) is 11.0. The van der Waals surface area contributed by atoms with Gasteiger partial charge in [-0.3, -0.25) is 43.9 Å². The van der Waals surface area contributed by atoms with Crippen molar-refractivity contribution in [1.29, 1.82) is 0 Å². The number of pyridine rings is 1. The predicted molar refractivity (Wildman–Crippen MR) is 264 cm³/mol. The third-order valence-corrected chi connectivity index (χ3v) is 15.7. The fourth-order valence-electron chi connectivity index (χ4n) is 11.4. The van der Waals surface area contributed by atoms with Gasteiger partial charge in [-0.15, -0.1) is 0 Å². The third kappa shape index (κ3) is 9.11. The van der Waals surface area contributed by atoms with Crippen LogP contribution in [0.4, 0.5) is 27.3 Å². The van der Waals surface area contributed by atoms with E-state index in [0.29, 0.717) is 48.9 Å². The molecule has 1 atom stereocenters. The van der Waals surface area contributed by atoms with Crippen molar-refractivity contribution < 1.29 is 33.2 Å². The number of rotatable bonds is 11. The number of hydrogen-bond acceptors (Lipinski definition) is 14. The number of hydrogen-bond donors (Lipinski definition) is 3. The van der Waals surface area contributed by atoms with Crippen molar-refractivity contribution in [2.45, 2.75) is 83.3 Å². The first kappa shape index (κ1) is 47.0. The number of piperidine rings is 3. The highest BCUT2D eigenvalue weighted by atomic mass is 19.1. The Morgan fingerprint density at radius 3 is 2.28 bits per heavy atom. The van der Waals surface area contributed by atoms with Gasteiger partial charge in [-0.25, -0.2) is 24.3 Å². The zero-order valence-corrected chi connectivity index (χ0v) is 40.5. The van der Waals surface area contributed by atoms with Gasteiger partial charge in [-0.05, 0) is 113 Å². The van der Waals surface area contributed by atoms with Gasteiger partial charge in [0.2, 0.25) is 17.7 Å². The van der Waals surface area contributed by atoms with Gasteiger partial charge in [-0.2, -0.15) is 0 Å². The number of aryl methyl sites for hydroxylation is 2. The van der Waals surface area contributed by atoms with Crippen molar-refractivity contribution in [3.8, 4) is 0 Å². The molecule has 0 unspecified atom stereocenters. The number of imidazole rings is 1. The van der Waals surface area contributed by atoms with Crippen LogP contribution in [0.3, 0.4) is 0 Å². The van der Waals surface area contributed by atoms with Crippen LogP contribution in [0.5, 0.6) is 0 Å². The molecule has 11 rings (SSSR count). The zero-order valence-electron chi connectivity index (χ0n) is 40.5. The number of carbonyl (C=O) groups is 6. The lowest BCUT2D eigenvalue weighted by Gasteiger charge is -2.41. The number of nitrogens with zero attached hydrogens (tertiary/aromatic N) is 10. The Labute approximate surface area is 415 Å². The van der Waals surface area contributed by atoms with Crippen LogP contribution in [0.2, 0.25) is 0 Å². The van der Waals surface area contributed by atoms with Gasteiger partial charge in [0.05, 0.1) is 23.1 Å². The number of anilines is 4. The first-order valence-electron chi connectivity index (χ1n) is 25.2. The summed E-state index contributed by atoms with van der Waals surface area (Å²) in [6, 6.07) is 13.5. The number of carbonyl (C=O) groups excluding carboxylic acids is 6. The first-order valence-corrected chi connectivity index (χ1v) is 25.2. The van der Waals surface area contributed by atoms with E-state index in [4.69, 9.17) is 4.98 Å². The number of aromatic nitrogens is 5. The molecule has 6 aliphatic rings. The quantitative estimate of drug-likeness (QED) is 0.155. The second kappa shape index (κ2) is 19.3. The molecule has 5 aliphatic heterocycles. The summed E-state index contributed by atoms with van der Waals surface area (Å²) >= 11 is 0. The van der Waals surface area contributed by atoms with Crippen LogP contribution in [0, 0.1) is 31.5 Å². The molecule has 2 aromatic carbocycles. The minimum absolute atomic E-state index is 0.000592. The van der Waals surface area contributed by atoms with Crippen molar-refractivity contribution in [2.24, 2.45) is 11.8 Å². The van der Waals surface area contributed by atoms with Crippen molar-refractivity contribution in [2.75, 3.05) is 74.0 Å². The zero-order chi connectivity index (χ0) is 49.8. The maximum absolute atomic E-state index is 15.5. The van der Waals surface area contributed by atoms with E-state index < -0.39 is 35.5 Å². The molecule has 1 aliphatic carbocycles. The Bertz CT molecular complexity index is 2990. The van der Waals surface area contributed by atoms with Crippen LogP contribution in [-0.4, -0.2) is 146 Å². The van der Waals surface area contributed by atoms with Crippen LogP contribution in [0.1, 0.15) is 99.9 Å². The van der Waals surface area contributed by atoms with Crippen LogP contribution in [0.25, 0.3) is 11.2 Å². The smallest absolute Gasteiger partial charge is 0.270 e. The lowest BCUT2D eigenvalue weighted by atomic mass is 9.86. The third-order valence-electron chi connectivity index (χ3n) is 15.7. The Balaban J connectivity index is 0.616. The van der Waals surface area contributed by atoms with Crippen molar-refractivity contribution in [1.82, 2.24) is 49.8 Å². The summed E-state index contributed by atoms with van der Waals surface area (Å²) in [5.74, 6) is -2.27. The number of piperazine rings is 1. The molecule has 1 saturated carbocycles. The number of benzene rings is 2. The van der Waals surface area contributed by atoms with Crippen LogP contribution < -0.4 is 25.8 Å². The highest BCUT2D eigenvalue weighted by molar-refractivity contribution is 6.23. The van der Waals surface area contributed by atoms with E-state index in [1.807, 2.05) is 35.2 Å². The van der Waals surface area contributed by atoms with Gasteiger partial charge in [0.1, 0.15) is 23.9 Å². The van der Waals surface area contributed by atoms with Gasteiger partial charge in [0, 0.05) is 100 Å². The van der Waals surface area contributed by atoms with Gasteiger partial charge in [0.25, 0.3) is 17.7 Å². The lowest BCUT2D eigenvalue weighted by Crippen LogP contribution is -2.54. The van der Waals surface area contributed by atoms with Crippen LogP contribution in [-0.2, 0) is 14.4 Å². The largest absolute Gasteiger partial charge is 0.369 e. The standard InChI is InChI=1S/C52H58FN13O6/c1-30-22-35(6-7-40(30)59-46-45-47(55-28-54-46)65(29-56-45)36-23-34(24-36)58-48(68)41-5-3-4-31(2)57-41)62-20-18-61(19-21-62)27-32-10-14-64(15-11-32)50(70)33-12-16-63(17-13-33)43-26-38-37(25-39(43)53)51(71)66(52(38)72)42-8-9-44(67)60-49(42)69/h3-7,22,25-26,28-29,32-34,36,42H,8-21,23-24,27H2,1-2H3,(H,58,68)(H,54,55,59)(H,60,67,69)/t34?,36?,42-/m0/s1. The second-order valence-corrected chi connectivity index (χ2v) is 20.2. The highest BCUT2D eigenvalue weighted by Crippen LogP contribution is 2.37. The number of amides is 6. The van der Waals surface area contributed by atoms with Gasteiger partial charge >= 0.3 is 0 Å². The van der Waals surface area contributed by atoms with E-state index in [9.17, 15) is 28.8 Å². The molecule has 5 aromatic rings. The summed E-state index contributed by atoms with van der Waals surface area (Å²) in [7, 11) is 0. The summed E-state index contributed by atoms with van der Waals surface area (Å²) in [5.41, 5.74) is 6.04. The maximum Gasteiger partial charge on any atom is 0.270 e. The number of halogens is 1. The Hall–Kier alpha value is -7.35. The van der Waals surface area contributed by atoms with E-state index in [1.54, 1.807) is 12.4 Å². The molecular formula is C52H58FN13O6. The van der Waals surface area contributed by atoms with E-state index in [-0.39, 0.29) is 59.5 Å². The molecule has 5 fully saturated rings. The van der Waals surface area contributed by atoms with Crippen molar-refractivity contribution in [3.05, 3.63) is 95.1 Å². The highest BCUT2D eigenvalue weighted by Gasteiger charge is 2.46. The van der Waals surface area contributed by atoms with Crippen LogP contribution in [0.15, 0.2) is 61.2 Å². The van der Waals surface area contributed by atoms with Gasteiger partial charge in [-0.1, -0.05) is 6.07 Å². The van der Waals surface area contributed by atoms with Crippen molar-refractivity contribution >= 4 is 69.5 Å². The molecule has 6 amide bonds. The number of nitrogens with one attached hydrogen (secondary N) is 3. The molecule has 0 radical (unpaired) electrons. The van der Waals surface area contributed by atoms with Gasteiger partial charge < -0.3 is 29.9 Å². The first-order chi connectivity index (χ1) is 34.8. The fraction of sp³-hybridized carbons (Fsp3) is 0.462. The molecule has 20 heteroatoms. The molecule has 374 valence electrons. The molecule has 0 spiro atoms. The van der Waals surface area contributed by atoms with Crippen LogP contribution >= 0.6 is 0 Å². The molecule has 3 aromatic heterocycles. The average molecular weight is 980 g/mol. The summed E-state index contributed by atoms with van der Waals surface area (Å²) in [6.07, 6.45) is 7.95. The fourth-order valence-corrected chi connectivity index (χ4v) is 11.4.